The third-order valence-corrected chi connectivity index (χ3v) is 3.26. The Morgan fingerprint density at radius 3 is 2.71 bits per heavy atom. The number of ether oxygens (including phenoxy) is 1. The predicted molar refractivity (Wildman–Crippen MR) is 69.4 cm³/mol. The maximum Gasteiger partial charge on any atom is 0.126 e. The Kier molecular flexibility index (Phi) is 3.69. The van der Waals surface area contributed by atoms with E-state index in [4.69, 9.17) is 10.5 Å². The first-order valence-electron chi connectivity index (χ1n) is 6.06. The molecule has 0 fully saturated rings. The van der Waals surface area contributed by atoms with Crippen molar-refractivity contribution >= 4 is 6.08 Å². The van der Waals surface area contributed by atoms with Crippen LogP contribution in [-0.2, 0) is 12.8 Å². The minimum atomic E-state index is 0.394. The van der Waals surface area contributed by atoms with E-state index in [2.05, 4.69) is 0 Å². The number of benzene rings is 1. The molecule has 3 nitrogen and oxygen atoms in total. The lowest BCUT2D eigenvalue weighted by atomic mass is 9.88. The third kappa shape index (κ3) is 2.29. The fourth-order valence-electron chi connectivity index (χ4n) is 2.41. The van der Waals surface area contributed by atoms with Crippen LogP contribution in [0, 0.1) is 0 Å². The standard InChI is InChI=1S/C14H19NO2/c1-17-13-9-10(5-4-8-15)14(16)12-7-3-2-6-11(12)13/h4-5,9,16H,2-3,6-8,15H2,1H3/b5-4+. The van der Waals surface area contributed by atoms with Gasteiger partial charge in [0.1, 0.15) is 11.5 Å². The molecule has 0 bridgehead atoms. The number of fused-ring (bicyclic) bond motifs is 1. The lowest BCUT2D eigenvalue weighted by molar-refractivity contribution is 0.400. The predicted octanol–water partition coefficient (Wildman–Crippen LogP) is 2.25. The van der Waals surface area contributed by atoms with E-state index in [1.165, 1.54) is 12.0 Å². The quantitative estimate of drug-likeness (QED) is 0.842. The summed E-state index contributed by atoms with van der Waals surface area (Å²) in [7, 11) is 1.68. The largest absolute Gasteiger partial charge is 0.507 e. The second-order valence-electron chi connectivity index (χ2n) is 4.32. The number of hydrogen-bond donors (Lipinski definition) is 2. The van der Waals surface area contributed by atoms with Crippen LogP contribution in [0.3, 0.4) is 0 Å². The Morgan fingerprint density at radius 1 is 1.35 bits per heavy atom. The van der Waals surface area contributed by atoms with Gasteiger partial charge in [0, 0.05) is 23.2 Å². The second kappa shape index (κ2) is 5.23. The molecule has 1 aliphatic carbocycles. The van der Waals surface area contributed by atoms with Gasteiger partial charge in [-0.05, 0) is 31.7 Å². The molecule has 0 unspecified atom stereocenters. The maximum absolute atomic E-state index is 10.2. The Labute approximate surface area is 102 Å². The number of phenolic OH excluding ortho intramolecular Hbond substituents is 1. The van der Waals surface area contributed by atoms with E-state index < -0.39 is 0 Å². The minimum Gasteiger partial charge on any atom is -0.507 e. The minimum absolute atomic E-state index is 0.394. The van der Waals surface area contributed by atoms with Gasteiger partial charge in [-0.15, -0.1) is 0 Å². The van der Waals surface area contributed by atoms with Gasteiger partial charge in [0.25, 0.3) is 0 Å². The summed E-state index contributed by atoms with van der Waals surface area (Å²) in [5, 5.41) is 10.2. The molecule has 1 aromatic carbocycles. The average Bonchev–Trinajstić information content (AvgIpc) is 2.38. The Morgan fingerprint density at radius 2 is 2.06 bits per heavy atom. The molecule has 0 radical (unpaired) electrons. The van der Waals surface area contributed by atoms with Crippen molar-refractivity contribution < 1.29 is 9.84 Å². The zero-order valence-electron chi connectivity index (χ0n) is 10.2. The lowest BCUT2D eigenvalue weighted by Gasteiger charge is -2.21. The average molecular weight is 233 g/mol. The molecule has 3 heteroatoms. The van der Waals surface area contributed by atoms with Gasteiger partial charge >= 0.3 is 0 Å². The fourth-order valence-corrected chi connectivity index (χ4v) is 2.41. The van der Waals surface area contributed by atoms with Crippen molar-refractivity contribution in [1.29, 1.82) is 0 Å². The number of phenols is 1. The highest BCUT2D eigenvalue weighted by molar-refractivity contribution is 5.65. The van der Waals surface area contributed by atoms with Crippen LogP contribution in [0.1, 0.15) is 29.5 Å². The van der Waals surface area contributed by atoms with Crippen molar-refractivity contribution in [2.75, 3.05) is 13.7 Å². The van der Waals surface area contributed by atoms with Crippen LogP contribution < -0.4 is 10.5 Å². The maximum atomic E-state index is 10.2. The van der Waals surface area contributed by atoms with Crippen LogP contribution in [0.25, 0.3) is 6.08 Å². The molecule has 1 aromatic rings. The molecule has 0 heterocycles. The summed E-state index contributed by atoms with van der Waals surface area (Å²) in [6.07, 6.45) is 7.92. The first-order valence-corrected chi connectivity index (χ1v) is 6.06. The topological polar surface area (TPSA) is 55.5 Å². The van der Waals surface area contributed by atoms with E-state index in [0.717, 1.165) is 36.1 Å². The van der Waals surface area contributed by atoms with Gasteiger partial charge in [-0.1, -0.05) is 12.2 Å². The third-order valence-electron chi connectivity index (χ3n) is 3.26. The summed E-state index contributed by atoms with van der Waals surface area (Å²) in [5.41, 5.74) is 8.45. The van der Waals surface area contributed by atoms with Gasteiger partial charge < -0.3 is 15.6 Å². The van der Waals surface area contributed by atoms with Crippen molar-refractivity contribution in [2.45, 2.75) is 25.7 Å². The van der Waals surface area contributed by atoms with Gasteiger partial charge in [0.15, 0.2) is 0 Å². The highest BCUT2D eigenvalue weighted by Crippen LogP contribution is 2.38. The molecule has 2 rings (SSSR count). The zero-order valence-corrected chi connectivity index (χ0v) is 10.2. The first-order chi connectivity index (χ1) is 8.27. The molecule has 0 amide bonds. The number of methoxy groups -OCH3 is 1. The summed E-state index contributed by atoms with van der Waals surface area (Å²) in [5.74, 6) is 1.28. The molecule has 0 saturated carbocycles. The van der Waals surface area contributed by atoms with Crippen LogP contribution >= 0.6 is 0 Å². The van der Waals surface area contributed by atoms with E-state index in [0.29, 0.717) is 12.3 Å². The summed E-state index contributed by atoms with van der Waals surface area (Å²) in [6.45, 7) is 0.471. The van der Waals surface area contributed by atoms with Crippen LogP contribution in [-0.4, -0.2) is 18.8 Å². The van der Waals surface area contributed by atoms with Gasteiger partial charge in [0.05, 0.1) is 7.11 Å². The van der Waals surface area contributed by atoms with E-state index in [1.807, 2.05) is 18.2 Å². The molecule has 1 aliphatic rings. The van der Waals surface area contributed by atoms with Crippen molar-refractivity contribution in [3.63, 3.8) is 0 Å². The Balaban J connectivity index is 2.52. The van der Waals surface area contributed by atoms with Crippen LogP contribution in [0.5, 0.6) is 11.5 Å². The highest BCUT2D eigenvalue weighted by Gasteiger charge is 2.19. The highest BCUT2D eigenvalue weighted by atomic mass is 16.5. The molecule has 0 aliphatic heterocycles. The van der Waals surface area contributed by atoms with E-state index in [-0.39, 0.29) is 0 Å². The molecule has 92 valence electrons. The smallest absolute Gasteiger partial charge is 0.126 e. The van der Waals surface area contributed by atoms with Crippen LogP contribution in [0.15, 0.2) is 12.1 Å². The summed E-state index contributed by atoms with van der Waals surface area (Å²) < 4.78 is 5.41. The summed E-state index contributed by atoms with van der Waals surface area (Å²) in [6, 6.07) is 1.89. The molecule has 3 N–H and O–H groups in total. The number of nitrogens with two attached hydrogens (primary N) is 1. The summed E-state index contributed by atoms with van der Waals surface area (Å²) in [4.78, 5) is 0. The zero-order chi connectivity index (χ0) is 12.3. The Hall–Kier alpha value is -1.48. The van der Waals surface area contributed by atoms with Gasteiger partial charge in [-0.3, -0.25) is 0 Å². The van der Waals surface area contributed by atoms with Gasteiger partial charge in [-0.25, -0.2) is 0 Å². The molecular formula is C14H19NO2. The van der Waals surface area contributed by atoms with E-state index in [9.17, 15) is 5.11 Å². The molecule has 0 aromatic heterocycles. The van der Waals surface area contributed by atoms with Crippen LogP contribution in [0.4, 0.5) is 0 Å². The molecule has 0 spiro atoms. The van der Waals surface area contributed by atoms with Crippen molar-refractivity contribution in [1.82, 2.24) is 0 Å². The van der Waals surface area contributed by atoms with Crippen molar-refractivity contribution in [3.05, 3.63) is 28.8 Å². The second-order valence-corrected chi connectivity index (χ2v) is 4.32. The van der Waals surface area contributed by atoms with Crippen molar-refractivity contribution in [2.24, 2.45) is 5.73 Å². The molecule has 17 heavy (non-hydrogen) atoms. The number of hydrogen-bond acceptors (Lipinski definition) is 3. The summed E-state index contributed by atoms with van der Waals surface area (Å²) >= 11 is 0. The lowest BCUT2D eigenvalue weighted by Crippen LogP contribution is -2.06. The SMILES string of the molecule is COc1cc(/C=C/CN)c(O)c2c1CCCC2. The van der Waals surface area contributed by atoms with E-state index >= 15 is 0 Å². The molecule has 0 saturated heterocycles. The van der Waals surface area contributed by atoms with E-state index in [1.54, 1.807) is 7.11 Å². The van der Waals surface area contributed by atoms with Crippen LogP contribution in [0.2, 0.25) is 0 Å². The Bertz CT molecular complexity index is 438. The molecular weight excluding hydrogens is 214 g/mol. The fraction of sp³-hybridized carbons (Fsp3) is 0.429. The number of aromatic hydroxyl groups is 1. The van der Waals surface area contributed by atoms with Gasteiger partial charge in [-0.2, -0.15) is 0 Å². The monoisotopic (exact) mass is 233 g/mol. The number of rotatable bonds is 3. The van der Waals surface area contributed by atoms with Gasteiger partial charge in [0.2, 0.25) is 0 Å². The molecule has 0 atom stereocenters. The first kappa shape index (κ1) is 12.0. The van der Waals surface area contributed by atoms with Crippen molar-refractivity contribution in [3.8, 4) is 11.5 Å². The normalized spacial score (nSPS) is 14.9.